The van der Waals surface area contributed by atoms with Crippen LogP contribution in [-0.2, 0) is 26.2 Å². The molecule has 2 aromatic rings. The zero-order valence-corrected chi connectivity index (χ0v) is 23.0. The van der Waals surface area contributed by atoms with Crippen LogP contribution in [0.15, 0.2) is 42.5 Å². The first-order valence-electron chi connectivity index (χ1n) is 11.4. The van der Waals surface area contributed by atoms with Gasteiger partial charge in [-0.05, 0) is 50.1 Å². The van der Waals surface area contributed by atoms with Crippen LogP contribution in [0.2, 0.25) is 5.02 Å². The quantitative estimate of drug-likeness (QED) is 0.443. The lowest BCUT2D eigenvalue weighted by atomic mass is 10.1. The van der Waals surface area contributed by atoms with Crippen LogP contribution in [0, 0.1) is 0 Å². The standard InChI is InChI=1S/C25H34ClN3O6S/c1-7-17(2)27-25(31)18(3)28(15-19-8-10-20(26)11-9-19)24(30)16-29(36(6,32)33)22-14-21(34-4)12-13-23(22)35-5/h8-14,17-18H,7,15-16H2,1-6H3,(H,27,31)/t17-,18+/m0/s1. The van der Waals surface area contributed by atoms with E-state index in [2.05, 4.69) is 5.32 Å². The largest absolute Gasteiger partial charge is 0.497 e. The van der Waals surface area contributed by atoms with E-state index in [9.17, 15) is 18.0 Å². The Hall–Kier alpha value is -2.98. The molecule has 0 aromatic heterocycles. The van der Waals surface area contributed by atoms with Crippen LogP contribution >= 0.6 is 11.6 Å². The number of methoxy groups -OCH3 is 2. The van der Waals surface area contributed by atoms with Gasteiger partial charge in [0.1, 0.15) is 24.1 Å². The van der Waals surface area contributed by atoms with Crippen molar-refractivity contribution in [3.05, 3.63) is 53.1 Å². The van der Waals surface area contributed by atoms with E-state index in [0.717, 1.165) is 22.5 Å². The van der Waals surface area contributed by atoms with E-state index in [1.54, 1.807) is 43.3 Å². The molecule has 198 valence electrons. The molecule has 2 aromatic carbocycles. The molecule has 9 nitrogen and oxygen atoms in total. The minimum absolute atomic E-state index is 0.0813. The van der Waals surface area contributed by atoms with Crippen LogP contribution in [0.1, 0.15) is 32.8 Å². The van der Waals surface area contributed by atoms with Crippen LogP contribution in [0.25, 0.3) is 0 Å². The zero-order chi connectivity index (χ0) is 27.0. The summed E-state index contributed by atoms with van der Waals surface area (Å²) < 4.78 is 37.2. The lowest BCUT2D eigenvalue weighted by molar-refractivity contribution is -0.139. The lowest BCUT2D eigenvalue weighted by Gasteiger charge is -2.32. The highest BCUT2D eigenvalue weighted by molar-refractivity contribution is 7.92. The average molecular weight is 540 g/mol. The van der Waals surface area contributed by atoms with Gasteiger partial charge in [0.2, 0.25) is 21.8 Å². The summed E-state index contributed by atoms with van der Waals surface area (Å²) in [6.07, 6.45) is 1.73. The minimum Gasteiger partial charge on any atom is -0.497 e. The van der Waals surface area contributed by atoms with Gasteiger partial charge >= 0.3 is 0 Å². The molecule has 1 N–H and O–H groups in total. The van der Waals surface area contributed by atoms with E-state index in [0.29, 0.717) is 10.8 Å². The Labute approximate surface area is 218 Å². The van der Waals surface area contributed by atoms with Gasteiger partial charge in [-0.25, -0.2) is 8.42 Å². The first-order chi connectivity index (χ1) is 16.9. The Balaban J connectivity index is 2.47. The molecule has 0 heterocycles. The minimum atomic E-state index is -3.92. The molecule has 36 heavy (non-hydrogen) atoms. The maximum Gasteiger partial charge on any atom is 0.244 e. The second-order valence-electron chi connectivity index (χ2n) is 8.45. The Morgan fingerprint density at radius 3 is 2.22 bits per heavy atom. The van der Waals surface area contributed by atoms with Crippen molar-refractivity contribution in [3.8, 4) is 11.5 Å². The van der Waals surface area contributed by atoms with Gasteiger partial charge in [-0.1, -0.05) is 30.7 Å². The number of rotatable bonds is 12. The number of ether oxygens (including phenoxy) is 2. The van der Waals surface area contributed by atoms with Crippen molar-refractivity contribution in [3.63, 3.8) is 0 Å². The Kier molecular flexibility index (Phi) is 10.4. The number of hydrogen-bond donors (Lipinski definition) is 1. The summed E-state index contributed by atoms with van der Waals surface area (Å²) in [4.78, 5) is 27.9. The van der Waals surface area contributed by atoms with Crippen molar-refractivity contribution in [1.82, 2.24) is 10.2 Å². The number of sulfonamides is 1. The normalized spacial score (nSPS) is 12.9. The highest BCUT2D eigenvalue weighted by Gasteiger charge is 2.31. The summed E-state index contributed by atoms with van der Waals surface area (Å²) in [6, 6.07) is 10.6. The second-order valence-corrected chi connectivity index (χ2v) is 10.8. The van der Waals surface area contributed by atoms with Crippen molar-refractivity contribution >= 4 is 39.1 Å². The van der Waals surface area contributed by atoms with Gasteiger partial charge in [-0.3, -0.25) is 13.9 Å². The molecular formula is C25H34ClN3O6S. The van der Waals surface area contributed by atoms with Crippen molar-refractivity contribution < 1.29 is 27.5 Å². The molecule has 0 saturated heterocycles. The van der Waals surface area contributed by atoms with E-state index in [4.69, 9.17) is 21.1 Å². The van der Waals surface area contributed by atoms with Crippen molar-refractivity contribution in [2.75, 3.05) is 31.3 Å². The SMILES string of the molecule is CC[C@H](C)NC(=O)[C@@H](C)N(Cc1ccc(Cl)cc1)C(=O)CN(c1cc(OC)ccc1OC)S(C)(=O)=O. The van der Waals surface area contributed by atoms with Gasteiger partial charge in [-0.2, -0.15) is 0 Å². The number of carbonyl (C=O) groups excluding carboxylic acids is 2. The lowest BCUT2D eigenvalue weighted by Crippen LogP contribution is -2.52. The summed E-state index contributed by atoms with van der Waals surface area (Å²) in [6.45, 7) is 4.96. The average Bonchev–Trinajstić information content (AvgIpc) is 2.85. The van der Waals surface area contributed by atoms with Crippen molar-refractivity contribution in [2.24, 2.45) is 0 Å². The molecule has 0 aliphatic heterocycles. The molecular weight excluding hydrogens is 506 g/mol. The molecule has 0 fully saturated rings. The molecule has 0 radical (unpaired) electrons. The van der Waals surface area contributed by atoms with Gasteiger partial charge < -0.3 is 19.7 Å². The predicted molar refractivity (Wildman–Crippen MR) is 141 cm³/mol. The number of halogens is 1. The molecule has 2 atom stereocenters. The summed E-state index contributed by atoms with van der Waals surface area (Å²) in [7, 11) is -1.06. The topological polar surface area (TPSA) is 105 Å². The van der Waals surface area contributed by atoms with Crippen LogP contribution < -0.4 is 19.1 Å². The van der Waals surface area contributed by atoms with Gasteiger partial charge in [-0.15, -0.1) is 0 Å². The van der Waals surface area contributed by atoms with E-state index >= 15 is 0 Å². The summed E-state index contributed by atoms with van der Waals surface area (Å²) in [5.41, 5.74) is 0.886. The second kappa shape index (κ2) is 12.8. The van der Waals surface area contributed by atoms with Gasteiger partial charge in [0.05, 0.1) is 26.2 Å². The number of nitrogens with one attached hydrogen (secondary N) is 1. The fourth-order valence-corrected chi connectivity index (χ4v) is 4.39. The van der Waals surface area contributed by atoms with Gasteiger partial charge in [0, 0.05) is 23.7 Å². The molecule has 2 rings (SSSR count). The maximum atomic E-state index is 13.6. The molecule has 0 bridgehead atoms. The number of carbonyl (C=O) groups is 2. The number of anilines is 1. The van der Waals surface area contributed by atoms with Gasteiger partial charge in [0.15, 0.2) is 0 Å². The van der Waals surface area contributed by atoms with Crippen LogP contribution in [0.5, 0.6) is 11.5 Å². The fraction of sp³-hybridized carbons (Fsp3) is 0.440. The first kappa shape index (κ1) is 29.3. The molecule has 11 heteroatoms. The molecule has 2 amide bonds. The third-order valence-corrected chi connectivity index (χ3v) is 7.15. The molecule has 0 aliphatic rings. The number of benzene rings is 2. The van der Waals surface area contributed by atoms with E-state index in [1.165, 1.54) is 25.2 Å². The Bertz CT molecular complexity index is 1160. The monoisotopic (exact) mass is 539 g/mol. The Morgan fingerprint density at radius 1 is 1.06 bits per heavy atom. The summed E-state index contributed by atoms with van der Waals surface area (Å²) in [5, 5.41) is 3.42. The summed E-state index contributed by atoms with van der Waals surface area (Å²) in [5.74, 6) is -0.254. The van der Waals surface area contributed by atoms with Crippen LogP contribution in [0.3, 0.4) is 0 Å². The third-order valence-electron chi connectivity index (χ3n) is 5.77. The molecule has 0 saturated carbocycles. The number of nitrogens with zero attached hydrogens (tertiary/aromatic N) is 2. The predicted octanol–water partition coefficient (Wildman–Crippen LogP) is 3.46. The highest BCUT2D eigenvalue weighted by Crippen LogP contribution is 2.34. The van der Waals surface area contributed by atoms with Crippen molar-refractivity contribution in [1.29, 1.82) is 0 Å². The maximum absolute atomic E-state index is 13.6. The molecule has 0 spiro atoms. The zero-order valence-electron chi connectivity index (χ0n) is 21.4. The molecule has 0 aliphatic carbocycles. The van der Waals surface area contributed by atoms with Crippen molar-refractivity contribution in [2.45, 2.75) is 45.8 Å². The third kappa shape index (κ3) is 7.76. The smallest absolute Gasteiger partial charge is 0.244 e. The molecule has 0 unspecified atom stereocenters. The number of hydrogen-bond acceptors (Lipinski definition) is 6. The van der Waals surface area contributed by atoms with E-state index in [1.807, 2.05) is 13.8 Å². The van der Waals surface area contributed by atoms with E-state index < -0.39 is 28.5 Å². The first-order valence-corrected chi connectivity index (χ1v) is 13.7. The highest BCUT2D eigenvalue weighted by atomic mass is 35.5. The Morgan fingerprint density at radius 2 is 1.69 bits per heavy atom. The fourth-order valence-electron chi connectivity index (χ4n) is 3.42. The summed E-state index contributed by atoms with van der Waals surface area (Å²) >= 11 is 6.00. The van der Waals surface area contributed by atoms with E-state index in [-0.39, 0.29) is 29.9 Å². The number of amides is 2. The van der Waals surface area contributed by atoms with Crippen LogP contribution in [-0.4, -0.2) is 64.2 Å². The van der Waals surface area contributed by atoms with Gasteiger partial charge in [0.25, 0.3) is 0 Å². The van der Waals surface area contributed by atoms with Crippen LogP contribution in [0.4, 0.5) is 5.69 Å².